The van der Waals surface area contributed by atoms with Crippen LogP contribution in [0, 0.1) is 0 Å². The highest BCUT2D eigenvalue weighted by atomic mass is 16.5. The van der Waals surface area contributed by atoms with Crippen LogP contribution >= 0.6 is 0 Å². The minimum Gasteiger partial charge on any atom is -0.383 e. The van der Waals surface area contributed by atoms with Crippen LogP contribution in [0.25, 0.3) is 0 Å². The van der Waals surface area contributed by atoms with Gasteiger partial charge in [-0.05, 0) is 53.0 Å². The van der Waals surface area contributed by atoms with Gasteiger partial charge in [0.2, 0.25) is 0 Å². The standard InChI is InChI=1S/2C9H19NO/c1-8(2)10-6-4-5-9(10)7-11-3;1-4-8(2)10-6-5-9(7-10)11-3/h2*8-9H,4-7H2,1-3H3. The Bertz CT molecular complexity index is 286. The Morgan fingerprint density at radius 1 is 1.09 bits per heavy atom. The molecule has 132 valence electrons. The number of likely N-dealkylation sites (tertiary alicyclic amines) is 2. The first-order valence-electron chi connectivity index (χ1n) is 9.04. The molecule has 0 bridgehead atoms. The highest BCUT2D eigenvalue weighted by Crippen LogP contribution is 2.19. The van der Waals surface area contributed by atoms with Gasteiger partial charge in [-0.2, -0.15) is 0 Å². The summed E-state index contributed by atoms with van der Waals surface area (Å²) < 4.78 is 10.5. The number of hydrogen-bond acceptors (Lipinski definition) is 4. The summed E-state index contributed by atoms with van der Waals surface area (Å²) in [5.41, 5.74) is 0. The van der Waals surface area contributed by atoms with Crippen molar-refractivity contribution in [1.82, 2.24) is 9.80 Å². The van der Waals surface area contributed by atoms with Crippen molar-refractivity contribution < 1.29 is 9.47 Å². The van der Waals surface area contributed by atoms with E-state index in [9.17, 15) is 0 Å². The van der Waals surface area contributed by atoms with Gasteiger partial charge in [-0.3, -0.25) is 9.80 Å². The van der Waals surface area contributed by atoms with Crippen molar-refractivity contribution in [2.24, 2.45) is 0 Å². The molecule has 4 nitrogen and oxygen atoms in total. The molecule has 0 aromatic rings. The smallest absolute Gasteiger partial charge is 0.0710 e. The third-order valence-electron chi connectivity index (χ3n) is 5.17. The van der Waals surface area contributed by atoms with Crippen molar-refractivity contribution in [3.05, 3.63) is 0 Å². The molecule has 2 saturated heterocycles. The second-order valence-corrected chi connectivity index (χ2v) is 6.98. The molecule has 2 aliphatic heterocycles. The second kappa shape index (κ2) is 10.6. The molecule has 0 aromatic carbocycles. The first-order valence-corrected chi connectivity index (χ1v) is 9.04. The number of hydrogen-bond donors (Lipinski definition) is 0. The zero-order valence-corrected chi connectivity index (χ0v) is 15.7. The molecule has 2 aliphatic rings. The third-order valence-corrected chi connectivity index (χ3v) is 5.17. The fraction of sp³-hybridized carbons (Fsp3) is 1.00. The van der Waals surface area contributed by atoms with Crippen LogP contribution in [0.1, 0.15) is 53.4 Å². The fourth-order valence-corrected chi connectivity index (χ4v) is 3.51. The molecule has 0 aliphatic carbocycles. The monoisotopic (exact) mass is 314 g/mol. The minimum atomic E-state index is 0.490. The van der Waals surface area contributed by atoms with E-state index in [0.29, 0.717) is 18.2 Å². The van der Waals surface area contributed by atoms with Gasteiger partial charge in [0.1, 0.15) is 0 Å². The Labute approximate surface area is 138 Å². The van der Waals surface area contributed by atoms with E-state index < -0.39 is 0 Å². The predicted molar refractivity (Wildman–Crippen MR) is 93.5 cm³/mol. The van der Waals surface area contributed by atoms with Gasteiger partial charge in [-0.1, -0.05) is 6.92 Å². The second-order valence-electron chi connectivity index (χ2n) is 6.98. The van der Waals surface area contributed by atoms with Crippen molar-refractivity contribution in [2.45, 2.75) is 77.6 Å². The Morgan fingerprint density at radius 3 is 2.32 bits per heavy atom. The Balaban J connectivity index is 0.000000220. The minimum absolute atomic E-state index is 0.490. The summed E-state index contributed by atoms with van der Waals surface area (Å²) in [7, 11) is 3.60. The molecule has 2 rings (SSSR count). The van der Waals surface area contributed by atoms with Crippen LogP contribution in [0.3, 0.4) is 0 Å². The van der Waals surface area contributed by atoms with Crippen molar-refractivity contribution in [3.63, 3.8) is 0 Å². The summed E-state index contributed by atoms with van der Waals surface area (Å²) in [6, 6.07) is 2.09. The lowest BCUT2D eigenvalue weighted by Gasteiger charge is -2.27. The Kier molecular flexibility index (Phi) is 9.57. The molecule has 0 amide bonds. The van der Waals surface area contributed by atoms with E-state index in [1.165, 1.54) is 38.8 Å². The number of methoxy groups -OCH3 is 2. The van der Waals surface area contributed by atoms with Gasteiger partial charge in [0.15, 0.2) is 0 Å². The van der Waals surface area contributed by atoms with Gasteiger partial charge in [-0.15, -0.1) is 0 Å². The molecule has 0 radical (unpaired) electrons. The van der Waals surface area contributed by atoms with Gasteiger partial charge in [-0.25, -0.2) is 0 Å². The molecule has 4 heteroatoms. The largest absolute Gasteiger partial charge is 0.383 e. The number of rotatable bonds is 6. The topological polar surface area (TPSA) is 24.9 Å². The number of ether oxygens (including phenoxy) is 2. The van der Waals surface area contributed by atoms with Crippen LogP contribution in [-0.2, 0) is 9.47 Å². The van der Waals surface area contributed by atoms with E-state index in [4.69, 9.17) is 9.47 Å². The van der Waals surface area contributed by atoms with Crippen molar-refractivity contribution in [3.8, 4) is 0 Å². The van der Waals surface area contributed by atoms with Gasteiger partial charge >= 0.3 is 0 Å². The van der Waals surface area contributed by atoms with E-state index in [1.54, 1.807) is 7.11 Å². The zero-order valence-electron chi connectivity index (χ0n) is 15.7. The lowest BCUT2D eigenvalue weighted by atomic mass is 10.2. The average Bonchev–Trinajstić information content (AvgIpc) is 3.16. The molecule has 0 spiro atoms. The van der Waals surface area contributed by atoms with Crippen molar-refractivity contribution >= 4 is 0 Å². The summed E-state index contributed by atoms with van der Waals surface area (Å²) >= 11 is 0. The third kappa shape index (κ3) is 6.15. The molecule has 0 aromatic heterocycles. The molecular weight excluding hydrogens is 276 g/mol. The maximum atomic E-state index is 5.29. The summed E-state index contributed by atoms with van der Waals surface area (Å²) in [4.78, 5) is 5.04. The quantitative estimate of drug-likeness (QED) is 0.752. The number of nitrogens with zero attached hydrogens (tertiary/aromatic N) is 2. The molecule has 2 fully saturated rings. The van der Waals surface area contributed by atoms with Crippen LogP contribution in [-0.4, -0.2) is 74.5 Å². The van der Waals surface area contributed by atoms with E-state index in [2.05, 4.69) is 37.5 Å². The van der Waals surface area contributed by atoms with Crippen LogP contribution in [0.4, 0.5) is 0 Å². The molecule has 0 saturated carbocycles. The van der Waals surface area contributed by atoms with Crippen LogP contribution < -0.4 is 0 Å². The lowest BCUT2D eigenvalue weighted by molar-refractivity contribution is 0.0984. The first kappa shape index (κ1) is 19.9. The van der Waals surface area contributed by atoms with Crippen LogP contribution in [0.15, 0.2) is 0 Å². The zero-order chi connectivity index (χ0) is 16.5. The van der Waals surface area contributed by atoms with Gasteiger partial charge in [0.25, 0.3) is 0 Å². The van der Waals surface area contributed by atoms with E-state index in [1.807, 2.05) is 7.11 Å². The predicted octanol–water partition coefficient (Wildman–Crippen LogP) is 3.01. The van der Waals surface area contributed by atoms with Gasteiger partial charge in [0.05, 0.1) is 12.7 Å². The average molecular weight is 315 g/mol. The summed E-state index contributed by atoms with van der Waals surface area (Å²) in [6.07, 6.45) is 5.60. The first-order chi connectivity index (χ1) is 10.5. The summed E-state index contributed by atoms with van der Waals surface area (Å²) in [6.45, 7) is 13.5. The fourth-order valence-electron chi connectivity index (χ4n) is 3.51. The van der Waals surface area contributed by atoms with Crippen LogP contribution in [0.5, 0.6) is 0 Å². The molecule has 3 unspecified atom stereocenters. The summed E-state index contributed by atoms with van der Waals surface area (Å²) in [5, 5.41) is 0. The Hall–Kier alpha value is -0.160. The highest BCUT2D eigenvalue weighted by molar-refractivity contribution is 4.81. The maximum absolute atomic E-state index is 5.29. The van der Waals surface area contributed by atoms with E-state index in [0.717, 1.165) is 19.2 Å². The van der Waals surface area contributed by atoms with Crippen LogP contribution in [0.2, 0.25) is 0 Å². The van der Waals surface area contributed by atoms with E-state index in [-0.39, 0.29) is 0 Å². The SMILES string of the molecule is CCC(C)N1CCC(OC)C1.COCC1CCCN1C(C)C. The normalized spacial score (nSPS) is 28.0. The maximum Gasteiger partial charge on any atom is 0.0710 e. The van der Waals surface area contributed by atoms with Gasteiger partial charge in [0, 0.05) is 45.4 Å². The Morgan fingerprint density at radius 2 is 1.82 bits per heavy atom. The molecule has 22 heavy (non-hydrogen) atoms. The summed E-state index contributed by atoms with van der Waals surface area (Å²) in [5.74, 6) is 0. The molecule has 3 atom stereocenters. The lowest BCUT2D eigenvalue weighted by Crippen LogP contribution is -2.37. The van der Waals surface area contributed by atoms with Crippen molar-refractivity contribution in [2.75, 3.05) is 40.5 Å². The van der Waals surface area contributed by atoms with E-state index >= 15 is 0 Å². The van der Waals surface area contributed by atoms with Gasteiger partial charge < -0.3 is 9.47 Å². The van der Waals surface area contributed by atoms with Crippen molar-refractivity contribution in [1.29, 1.82) is 0 Å². The molecule has 0 N–H and O–H groups in total. The molecular formula is C18H38N2O2. The molecule has 2 heterocycles. The highest BCUT2D eigenvalue weighted by Gasteiger charge is 2.26.